The van der Waals surface area contributed by atoms with Crippen LogP contribution in [0.15, 0.2) is 48.5 Å². The van der Waals surface area contributed by atoms with E-state index in [-0.39, 0.29) is 17.9 Å². The molecule has 0 fully saturated rings. The van der Waals surface area contributed by atoms with Crippen LogP contribution in [0.1, 0.15) is 35.9 Å². The Morgan fingerprint density at radius 3 is 2.83 bits per heavy atom. The highest BCUT2D eigenvalue weighted by molar-refractivity contribution is 6.01. The van der Waals surface area contributed by atoms with Crippen LogP contribution in [0.5, 0.6) is 5.75 Å². The third-order valence-corrected chi connectivity index (χ3v) is 4.09. The second-order valence-electron chi connectivity index (χ2n) is 5.75. The van der Waals surface area contributed by atoms with Crippen LogP contribution < -0.4 is 15.4 Å². The maximum absolute atomic E-state index is 12.4. The molecule has 2 aromatic rings. The maximum Gasteiger partial charge on any atom is 0.179 e. The number of hydrogen-bond acceptors (Lipinski definition) is 4. The number of carbonyl (C=O) groups excluding carboxylic acids is 1. The van der Waals surface area contributed by atoms with Gasteiger partial charge in [-0.05, 0) is 37.2 Å². The van der Waals surface area contributed by atoms with Crippen molar-refractivity contribution >= 4 is 11.5 Å². The van der Waals surface area contributed by atoms with Gasteiger partial charge in [0.15, 0.2) is 5.78 Å². The quantitative estimate of drug-likeness (QED) is 0.831. The first-order valence-electron chi connectivity index (χ1n) is 8.06. The van der Waals surface area contributed by atoms with Crippen LogP contribution in [-0.4, -0.2) is 24.9 Å². The number of benzene rings is 2. The minimum atomic E-state index is -0.181. The van der Waals surface area contributed by atoms with Gasteiger partial charge in [-0.15, -0.1) is 0 Å². The smallest absolute Gasteiger partial charge is 0.179 e. The molecule has 0 aliphatic carbocycles. The Kier molecular flexibility index (Phi) is 4.63. The number of Topliss-reactive ketones (excluding diaryl/α,β-unsaturated/α-hetero) is 1. The molecule has 120 valence electrons. The van der Waals surface area contributed by atoms with Gasteiger partial charge in [0.1, 0.15) is 11.9 Å². The third-order valence-electron chi connectivity index (χ3n) is 4.09. The van der Waals surface area contributed by atoms with Gasteiger partial charge in [-0.1, -0.05) is 37.3 Å². The highest BCUT2D eigenvalue weighted by Crippen LogP contribution is 2.34. The molecule has 2 aromatic carbocycles. The van der Waals surface area contributed by atoms with Crippen LogP contribution in [0, 0.1) is 0 Å². The highest BCUT2D eigenvalue weighted by atomic mass is 16.5. The molecule has 2 atom stereocenters. The van der Waals surface area contributed by atoms with Crippen LogP contribution in [0.3, 0.4) is 0 Å². The second kappa shape index (κ2) is 6.84. The molecule has 0 spiro atoms. The molecule has 2 unspecified atom stereocenters. The zero-order chi connectivity index (χ0) is 16.2. The van der Waals surface area contributed by atoms with Crippen LogP contribution in [0.25, 0.3) is 0 Å². The zero-order valence-electron chi connectivity index (χ0n) is 13.5. The number of fused-ring (bicyclic) bond motifs is 1. The summed E-state index contributed by atoms with van der Waals surface area (Å²) in [5, 5.41) is 6.53. The molecule has 4 nitrogen and oxygen atoms in total. The Bertz CT molecular complexity index is 685. The van der Waals surface area contributed by atoms with E-state index in [2.05, 4.69) is 22.8 Å². The molecule has 1 aliphatic rings. The van der Waals surface area contributed by atoms with Crippen molar-refractivity contribution < 1.29 is 9.53 Å². The Labute approximate surface area is 136 Å². The summed E-state index contributed by atoms with van der Waals surface area (Å²) >= 11 is 0. The van der Waals surface area contributed by atoms with Crippen LogP contribution >= 0.6 is 0 Å². The molecule has 4 heteroatoms. The lowest BCUT2D eigenvalue weighted by Crippen LogP contribution is -2.33. The number of carbonyl (C=O) groups is 1. The number of ketones is 1. The van der Waals surface area contributed by atoms with Crippen LogP contribution in [-0.2, 0) is 0 Å². The molecule has 1 aliphatic heterocycles. The van der Waals surface area contributed by atoms with Gasteiger partial charge in [0.25, 0.3) is 0 Å². The van der Waals surface area contributed by atoms with E-state index in [4.69, 9.17) is 4.74 Å². The second-order valence-corrected chi connectivity index (χ2v) is 5.75. The Morgan fingerprint density at radius 1 is 1.30 bits per heavy atom. The average Bonchev–Trinajstić information content (AvgIpc) is 2.61. The van der Waals surface area contributed by atoms with Gasteiger partial charge < -0.3 is 15.4 Å². The summed E-state index contributed by atoms with van der Waals surface area (Å²) in [5.74, 6) is 0.888. The maximum atomic E-state index is 12.4. The average molecular weight is 310 g/mol. The molecule has 1 heterocycles. The Morgan fingerprint density at radius 2 is 2.09 bits per heavy atom. The summed E-state index contributed by atoms with van der Waals surface area (Å²) in [4.78, 5) is 12.4. The number of hydrogen-bond donors (Lipinski definition) is 2. The van der Waals surface area contributed by atoms with E-state index in [1.165, 1.54) is 0 Å². The fraction of sp³-hybridized carbons (Fsp3) is 0.316. The molecule has 0 aromatic heterocycles. The highest BCUT2D eigenvalue weighted by Gasteiger charge is 2.22. The van der Waals surface area contributed by atoms with Crippen molar-refractivity contribution in [3.8, 4) is 5.75 Å². The molecule has 0 saturated heterocycles. The van der Waals surface area contributed by atoms with Gasteiger partial charge in [0.05, 0.1) is 18.3 Å². The van der Waals surface area contributed by atoms with Crippen LogP contribution in [0.2, 0.25) is 0 Å². The van der Waals surface area contributed by atoms with Crippen molar-refractivity contribution in [2.75, 3.05) is 18.4 Å². The van der Waals surface area contributed by atoms with Gasteiger partial charge in [-0.2, -0.15) is 0 Å². The van der Waals surface area contributed by atoms with E-state index in [9.17, 15) is 4.79 Å². The van der Waals surface area contributed by atoms with E-state index < -0.39 is 0 Å². The molecule has 3 rings (SSSR count). The Balaban J connectivity index is 1.77. The lowest BCUT2D eigenvalue weighted by molar-refractivity contribution is 0.0952. The molecule has 23 heavy (non-hydrogen) atoms. The normalized spacial score (nSPS) is 17.6. The summed E-state index contributed by atoms with van der Waals surface area (Å²) in [6, 6.07) is 15.6. The van der Waals surface area contributed by atoms with Crippen molar-refractivity contribution in [1.82, 2.24) is 5.32 Å². The minimum Gasteiger partial charge on any atom is -0.482 e. The molecular formula is C19H22N2O2. The summed E-state index contributed by atoms with van der Waals surface area (Å²) in [5.41, 5.74) is 2.73. The van der Waals surface area contributed by atoms with Gasteiger partial charge in [-0.25, -0.2) is 0 Å². The Hall–Kier alpha value is -2.33. The van der Waals surface area contributed by atoms with E-state index >= 15 is 0 Å². The fourth-order valence-corrected chi connectivity index (χ4v) is 2.82. The SMILES string of the molecule is CCNC(C)C(=O)c1ccc2c(c1)NCC(c1ccccc1)O2. The molecule has 0 amide bonds. The largest absolute Gasteiger partial charge is 0.482 e. The van der Waals surface area contributed by atoms with Gasteiger partial charge in [-0.3, -0.25) is 4.79 Å². The van der Waals surface area contributed by atoms with E-state index in [0.29, 0.717) is 12.1 Å². The van der Waals surface area contributed by atoms with Gasteiger partial charge in [0, 0.05) is 5.56 Å². The predicted molar refractivity (Wildman–Crippen MR) is 92.2 cm³/mol. The predicted octanol–water partition coefficient (Wildman–Crippen LogP) is 3.41. The van der Waals surface area contributed by atoms with E-state index in [1.807, 2.05) is 50.2 Å². The number of likely N-dealkylation sites (N-methyl/N-ethyl adjacent to an activating group) is 1. The zero-order valence-corrected chi connectivity index (χ0v) is 13.5. The van der Waals surface area contributed by atoms with Crippen molar-refractivity contribution in [1.29, 1.82) is 0 Å². The van der Waals surface area contributed by atoms with Crippen LogP contribution in [0.4, 0.5) is 5.69 Å². The standard InChI is InChI=1S/C19H22N2O2/c1-3-20-13(2)19(22)15-9-10-17-16(11-15)21-12-18(23-17)14-7-5-4-6-8-14/h4-11,13,18,20-21H,3,12H2,1-2H3. The molecule has 2 N–H and O–H groups in total. The van der Waals surface area contributed by atoms with Crippen molar-refractivity contribution in [3.05, 3.63) is 59.7 Å². The minimum absolute atomic E-state index is 0.00840. The molecule has 0 saturated carbocycles. The number of rotatable bonds is 5. The van der Waals surface area contributed by atoms with Gasteiger partial charge in [0.2, 0.25) is 0 Å². The van der Waals surface area contributed by atoms with Crippen molar-refractivity contribution in [2.24, 2.45) is 0 Å². The first-order valence-corrected chi connectivity index (χ1v) is 8.06. The topological polar surface area (TPSA) is 50.4 Å². The van der Waals surface area contributed by atoms with Crippen molar-refractivity contribution in [2.45, 2.75) is 26.0 Å². The number of nitrogens with one attached hydrogen (secondary N) is 2. The lowest BCUT2D eigenvalue weighted by Gasteiger charge is -2.28. The third kappa shape index (κ3) is 3.37. The number of ether oxygens (including phenoxy) is 1. The molecule has 0 radical (unpaired) electrons. The first kappa shape index (κ1) is 15.6. The number of anilines is 1. The lowest BCUT2D eigenvalue weighted by atomic mass is 10.0. The van der Waals surface area contributed by atoms with E-state index in [0.717, 1.165) is 23.5 Å². The first-order chi connectivity index (χ1) is 11.2. The molecular weight excluding hydrogens is 288 g/mol. The summed E-state index contributed by atoms with van der Waals surface area (Å²) in [6.45, 7) is 5.35. The van der Waals surface area contributed by atoms with Crippen molar-refractivity contribution in [3.63, 3.8) is 0 Å². The summed E-state index contributed by atoms with van der Waals surface area (Å²) in [6.07, 6.45) is -0.00840. The summed E-state index contributed by atoms with van der Waals surface area (Å²) in [7, 11) is 0. The van der Waals surface area contributed by atoms with E-state index in [1.54, 1.807) is 0 Å². The summed E-state index contributed by atoms with van der Waals surface area (Å²) < 4.78 is 6.07. The fourth-order valence-electron chi connectivity index (χ4n) is 2.82. The molecule has 0 bridgehead atoms. The van der Waals surface area contributed by atoms with Gasteiger partial charge >= 0.3 is 0 Å². The monoisotopic (exact) mass is 310 g/mol.